The van der Waals surface area contributed by atoms with Crippen molar-refractivity contribution in [2.45, 2.75) is 19.9 Å². The molecule has 0 saturated carbocycles. The molecule has 2 heterocycles. The zero-order valence-electron chi connectivity index (χ0n) is 8.56. The number of primary amides is 1. The lowest BCUT2D eigenvalue weighted by molar-refractivity contribution is 0.100. The van der Waals surface area contributed by atoms with Crippen LogP contribution in [0.25, 0.3) is 11.0 Å². The molecule has 0 atom stereocenters. The van der Waals surface area contributed by atoms with E-state index in [2.05, 4.69) is 16.1 Å². The van der Waals surface area contributed by atoms with Crippen molar-refractivity contribution in [1.29, 1.82) is 0 Å². The van der Waals surface area contributed by atoms with Crippen molar-refractivity contribution in [2.24, 2.45) is 5.73 Å². The summed E-state index contributed by atoms with van der Waals surface area (Å²) in [4.78, 5) is 15.3. The van der Waals surface area contributed by atoms with Gasteiger partial charge in [0.1, 0.15) is 0 Å². The number of pyridine rings is 1. The SMILES string of the molecule is CC(C)n1ncc2c(C(N)=O)[c]cnc21. The number of amides is 1. The molecule has 1 amide bonds. The molecule has 1 radical (unpaired) electrons. The average Bonchev–Trinajstić information content (AvgIpc) is 2.59. The number of hydrogen-bond acceptors (Lipinski definition) is 3. The molecule has 0 aliphatic carbocycles. The Kier molecular flexibility index (Phi) is 2.15. The summed E-state index contributed by atoms with van der Waals surface area (Å²) in [7, 11) is 0. The fraction of sp³-hybridized carbons (Fsp3) is 0.300. The van der Waals surface area contributed by atoms with Gasteiger partial charge in [0, 0.05) is 18.3 Å². The number of hydrogen-bond donors (Lipinski definition) is 1. The Morgan fingerprint density at radius 3 is 2.93 bits per heavy atom. The topological polar surface area (TPSA) is 73.8 Å². The molecule has 5 nitrogen and oxygen atoms in total. The quantitative estimate of drug-likeness (QED) is 0.788. The number of nitrogens with zero attached hydrogens (tertiary/aromatic N) is 3. The van der Waals surface area contributed by atoms with Gasteiger partial charge in [-0.2, -0.15) is 5.10 Å². The van der Waals surface area contributed by atoms with Gasteiger partial charge in [0.2, 0.25) is 5.91 Å². The van der Waals surface area contributed by atoms with Crippen LogP contribution in [0, 0.1) is 6.07 Å². The third-order valence-corrected chi connectivity index (χ3v) is 2.17. The molecule has 77 valence electrons. The molecule has 2 N–H and O–H groups in total. The molecule has 2 rings (SSSR count). The van der Waals surface area contributed by atoms with Crippen molar-refractivity contribution in [3.05, 3.63) is 24.0 Å². The lowest BCUT2D eigenvalue weighted by atomic mass is 10.2. The molecule has 15 heavy (non-hydrogen) atoms. The minimum absolute atomic E-state index is 0.193. The number of carbonyl (C=O) groups excluding carboxylic acids is 1. The Hall–Kier alpha value is -1.91. The highest BCUT2D eigenvalue weighted by Crippen LogP contribution is 2.18. The number of rotatable bonds is 2. The van der Waals surface area contributed by atoms with E-state index in [0.29, 0.717) is 16.6 Å². The Balaban J connectivity index is 2.74. The first-order chi connectivity index (χ1) is 7.11. The largest absolute Gasteiger partial charge is 0.366 e. The van der Waals surface area contributed by atoms with E-state index in [1.165, 1.54) is 6.20 Å². The van der Waals surface area contributed by atoms with Crippen molar-refractivity contribution in [3.8, 4) is 0 Å². The summed E-state index contributed by atoms with van der Waals surface area (Å²) < 4.78 is 1.75. The monoisotopic (exact) mass is 203 g/mol. The molecule has 0 spiro atoms. The predicted molar refractivity (Wildman–Crippen MR) is 55.3 cm³/mol. The maximum atomic E-state index is 11.1. The van der Waals surface area contributed by atoms with Crippen molar-refractivity contribution >= 4 is 16.9 Å². The van der Waals surface area contributed by atoms with Crippen LogP contribution in [-0.2, 0) is 0 Å². The molecular formula is C10H11N4O. The molecule has 0 aromatic carbocycles. The van der Waals surface area contributed by atoms with Gasteiger partial charge in [0.25, 0.3) is 0 Å². The first-order valence-corrected chi connectivity index (χ1v) is 4.65. The fourth-order valence-corrected chi connectivity index (χ4v) is 1.48. The number of nitrogens with two attached hydrogens (primary N) is 1. The standard InChI is InChI=1S/C10H11N4O/c1-6(2)14-10-8(5-13-14)7(9(11)15)3-4-12-10/h4-6H,1-2H3,(H2,11,15). The highest BCUT2D eigenvalue weighted by molar-refractivity contribution is 6.04. The summed E-state index contributed by atoms with van der Waals surface area (Å²) in [6.07, 6.45) is 3.04. The van der Waals surface area contributed by atoms with Gasteiger partial charge in [-0.1, -0.05) is 0 Å². The van der Waals surface area contributed by atoms with E-state index in [9.17, 15) is 4.79 Å². The Labute approximate surface area is 86.9 Å². The maximum Gasteiger partial charge on any atom is 0.250 e. The van der Waals surface area contributed by atoms with Crippen LogP contribution >= 0.6 is 0 Å². The molecular weight excluding hydrogens is 192 g/mol. The van der Waals surface area contributed by atoms with Crippen LogP contribution in [0.2, 0.25) is 0 Å². The molecule has 2 aromatic rings. The van der Waals surface area contributed by atoms with E-state index in [4.69, 9.17) is 5.73 Å². The molecule has 0 aliphatic rings. The second-order valence-corrected chi connectivity index (χ2v) is 3.56. The van der Waals surface area contributed by atoms with Crippen LogP contribution < -0.4 is 5.73 Å². The second kappa shape index (κ2) is 3.34. The summed E-state index contributed by atoms with van der Waals surface area (Å²) in [6, 6.07) is 2.92. The zero-order chi connectivity index (χ0) is 11.0. The Morgan fingerprint density at radius 1 is 1.60 bits per heavy atom. The van der Waals surface area contributed by atoms with Crippen molar-refractivity contribution in [2.75, 3.05) is 0 Å². The van der Waals surface area contributed by atoms with Gasteiger partial charge in [-0.3, -0.25) is 4.79 Å². The lowest BCUT2D eigenvalue weighted by Crippen LogP contribution is -2.12. The summed E-state index contributed by atoms with van der Waals surface area (Å²) in [5.41, 5.74) is 6.23. The van der Waals surface area contributed by atoms with E-state index in [1.54, 1.807) is 10.9 Å². The molecule has 0 bridgehead atoms. The summed E-state index contributed by atoms with van der Waals surface area (Å²) in [6.45, 7) is 3.99. The molecule has 0 saturated heterocycles. The van der Waals surface area contributed by atoms with Gasteiger partial charge in [0.15, 0.2) is 5.65 Å². The third-order valence-electron chi connectivity index (χ3n) is 2.17. The van der Waals surface area contributed by atoms with Crippen molar-refractivity contribution in [3.63, 3.8) is 0 Å². The van der Waals surface area contributed by atoms with Crippen LogP contribution in [0.3, 0.4) is 0 Å². The third kappa shape index (κ3) is 1.45. The van der Waals surface area contributed by atoms with Crippen molar-refractivity contribution in [1.82, 2.24) is 14.8 Å². The minimum Gasteiger partial charge on any atom is -0.366 e. The van der Waals surface area contributed by atoms with Crippen LogP contribution in [0.5, 0.6) is 0 Å². The highest BCUT2D eigenvalue weighted by Gasteiger charge is 2.13. The van der Waals surface area contributed by atoms with Crippen LogP contribution in [-0.4, -0.2) is 20.7 Å². The number of carbonyl (C=O) groups is 1. The van der Waals surface area contributed by atoms with Crippen LogP contribution in [0.15, 0.2) is 12.4 Å². The van der Waals surface area contributed by atoms with E-state index < -0.39 is 5.91 Å². The maximum absolute atomic E-state index is 11.1. The van der Waals surface area contributed by atoms with Crippen LogP contribution in [0.1, 0.15) is 30.2 Å². The van der Waals surface area contributed by atoms with Gasteiger partial charge in [0.05, 0.1) is 17.1 Å². The normalized spacial score (nSPS) is 11.1. The zero-order valence-corrected chi connectivity index (χ0v) is 8.56. The Bertz CT molecular complexity index is 515. The van der Waals surface area contributed by atoms with Gasteiger partial charge in [-0.05, 0) is 13.8 Å². The van der Waals surface area contributed by atoms with E-state index in [-0.39, 0.29) is 6.04 Å². The minimum atomic E-state index is -0.509. The highest BCUT2D eigenvalue weighted by atomic mass is 16.1. The smallest absolute Gasteiger partial charge is 0.250 e. The van der Waals surface area contributed by atoms with E-state index >= 15 is 0 Å². The first-order valence-electron chi connectivity index (χ1n) is 4.65. The second-order valence-electron chi connectivity index (χ2n) is 3.56. The summed E-state index contributed by atoms with van der Waals surface area (Å²) in [5, 5.41) is 4.82. The Morgan fingerprint density at radius 2 is 2.33 bits per heavy atom. The summed E-state index contributed by atoms with van der Waals surface area (Å²) in [5.74, 6) is -0.509. The first kappa shape index (κ1) is 9.64. The number of aromatic nitrogens is 3. The fourth-order valence-electron chi connectivity index (χ4n) is 1.48. The molecule has 0 aliphatic heterocycles. The van der Waals surface area contributed by atoms with E-state index in [1.807, 2.05) is 13.8 Å². The summed E-state index contributed by atoms with van der Waals surface area (Å²) >= 11 is 0. The number of fused-ring (bicyclic) bond motifs is 1. The van der Waals surface area contributed by atoms with Gasteiger partial charge in [-0.15, -0.1) is 0 Å². The molecule has 0 fully saturated rings. The average molecular weight is 203 g/mol. The molecule has 5 heteroatoms. The molecule has 2 aromatic heterocycles. The van der Waals surface area contributed by atoms with Gasteiger partial charge in [-0.25, -0.2) is 9.67 Å². The van der Waals surface area contributed by atoms with Gasteiger partial charge >= 0.3 is 0 Å². The lowest BCUT2D eigenvalue weighted by Gasteiger charge is -2.05. The van der Waals surface area contributed by atoms with Crippen molar-refractivity contribution < 1.29 is 4.79 Å². The predicted octanol–water partition coefficient (Wildman–Crippen LogP) is 0.911. The van der Waals surface area contributed by atoms with E-state index in [0.717, 1.165) is 0 Å². The molecule has 0 unspecified atom stereocenters. The van der Waals surface area contributed by atoms with Crippen LogP contribution in [0.4, 0.5) is 0 Å². The van der Waals surface area contributed by atoms with Gasteiger partial charge < -0.3 is 5.73 Å².